The van der Waals surface area contributed by atoms with Crippen molar-refractivity contribution in [2.24, 2.45) is 0 Å². The lowest BCUT2D eigenvalue weighted by atomic mass is 10.0. The van der Waals surface area contributed by atoms with Crippen molar-refractivity contribution in [3.8, 4) is 0 Å². The van der Waals surface area contributed by atoms with Gasteiger partial charge < -0.3 is 4.74 Å². The topological polar surface area (TPSA) is 39.2 Å². The molecule has 0 saturated carbocycles. The van der Waals surface area contributed by atoms with Crippen molar-refractivity contribution >= 4 is 28.9 Å². The summed E-state index contributed by atoms with van der Waals surface area (Å²) in [6, 6.07) is 5.76. The van der Waals surface area contributed by atoms with E-state index in [1.54, 1.807) is 11.3 Å². The summed E-state index contributed by atoms with van der Waals surface area (Å²) in [6.45, 7) is 0.461. The minimum atomic E-state index is -0.151. The first-order valence-electron chi connectivity index (χ1n) is 7.07. The molecule has 0 bridgehead atoms. The Kier molecular flexibility index (Phi) is 4.56. The second-order valence-electron chi connectivity index (χ2n) is 5.14. The quantitative estimate of drug-likeness (QED) is 0.617. The fourth-order valence-corrected chi connectivity index (χ4v) is 3.66. The normalized spacial score (nSPS) is 16.7. The number of esters is 1. The molecule has 1 atom stereocenters. The summed E-state index contributed by atoms with van der Waals surface area (Å²) >= 11 is 7.80. The average Bonchev–Trinajstić information content (AvgIpc) is 3.13. The second kappa shape index (κ2) is 6.58. The molecule has 1 aliphatic carbocycles. The highest BCUT2D eigenvalue weighted by Gasteiger charge is 2.30. The van der Waals surface area contributed by atoms with E-state index in [9.17, 15) is 4.79 Å². The van der Waals surface area contributed by atoms with Crippen LogP contribution < -0.4 is 0 Å². The van der Waals surface area contributed by atoms with E-state index in [-0.39, 0.29) is 11.9 Å². The molecule has 1 aromatic heterocycles. The van der Waals surface area contributed by atoms with Crippen molar-refractivity contribution in [1.82, 2.24) is 4.98 Å². The first-order chi connectivity index (χ1) is 10.3. The summed E-state index contributed by atoms with van der Waals surface area (Å²) in [4.78, 5) is 17.5. The number of aryl methyl sites for hydroxylation is 1. The molecule has 1 aromatic carbocycles. The van der Waals surface area contributed by atoms with Gasteiger partial charge in [-0.15, -0.1) is 11.3 Å². The van der Waals surface area contributed by atoms with Gasteiger partial charge >= 0.3 is 5.97 Å². The number of benzene rings is 1. The van der Waals surface area contributed by atoms with Crippen molar-refractivity contribution in [3.63, 3.8) is 0 Å². The first kappa shape index (κ1) is 14.5. The summed E-state index contributed by atoms with van der Waals surface area (Å²) in [5.74, 6) is -0.276. The highest BCUT2D eigenvalue weighted by molar-refractivity contribution is 7.09. The molecule has 110 valence electrons. The number of thiazole rings is 1. The van der Waals surface area contributed by atoms with E-state index in [1.165, 1.54) is 4.88 Å². The molecular formula is C16H16ClNO2S. The van der Waals surface area contributed by atoms with Crippen LogP contribution in [-0.4, -0.2) is 17.6 Å². The number of nitrogens with zero attached hydrogens (tertiary/aromatic N) is 1. The SMILES string of the molecule is O=C(OCCCc1cncs1)C1CCc2c(Cl)cccc21. The van der Waals surface area contributed by atoms with Crippen molar-refractivity contribution < 1.29 is 9.53 Å². The lowest BCUT2D eigenvalue weighted by molar-refractivity contribution is -0.145. The average molecular weight is 322 g/mol. The molecule has 0 amide bonds. The lowest BCUT2D eigenvalue weighted by Gasteiger charge is -2.11. The van der Waals surface area contributed by atoms with Crippen LogP contribution in [0.2, 0.25) is 5.02 Å². The van der Waals surface area contributed by atoms with Gasteiger partial charge in [0, 0.05) is 16.1 Å². The molecule has 3 rings (SSSR count). The maximum absolute atomic E-state index is 12.2. The molecule has 3 nitrogen and oxygen atoms in total. The summed E-state index contributed by atoms with van der Waals surface area (Å²) in [5.41, 5.74) is 3.96. The van der Waals surface area contributed by atoms with Crippen LogP contribution in [0.3, 0.4) is 0 Å². The van der Waals surface area contributed by atoms with Gasteiger partial charge in [0.05, 0.1) is 18.0 Å². The van der Waals surface area contributed by atoms with Gasteiger partial charge in [-0.05, 0) is 42.9 Å². The van der Waals surface area contributed by atoms with Crippen LogP contribution in [0.1, 0.15) is 34.8 Å². The van der Waals surface area contributed by atoms with Crippen molar-refractivity contribution in [2.45, 2.75) is 31.6 Å². The molecule has 0 N–H and O–H groups in total. The first-order valence-corrected chi connectivity index (χ1v) is 8.33. The number of aromatic nitrogens is 1. The number of carbonyl (C=O) groups is 1. The third-order valence-electron chi connectivity index (χ3n) is 3.79. The molecule has 5 heteroatoms. The Hall–Kier alpha value is -1.39. The van der Waals surface area contributed by atoms with Crippen molar-refractivity contribution in [2.75, 3.05) is 6.61 Å². The van der Waals surface area contributed by atoms with E-state index >= 15 is 0 Å². The van der Waals surface area contributed by atoms with Gasteiger partial charge in [0.25, 0.3) is 0 Å². The van der Waals surface area contributed by atoms with Crippen molar-refractivity contribution in [3.05, 3.63) is 50.9 Å². The van der Waals surface area contributed by atoms with Crippen LogP contribution in [0, 0.1) is 0 Å². The van der Waals surface area contributed by atoms with Gasteiger partial charge in [-0.1, -0.05) is 23.7 Å². The van der Waals surface area contributed by atoms with Crippen LogP contribution in [0.15, 0.2) is 29.9 Å². The van der Waals surface area contributed by atoms with Gasteiger partial charge in [0.15, 0.2) is 0 Å². The Morgan fingerprint density at radius 1 is 1.48 bits per heavy atom. The molecule has 2 aromatic rings. The minimum Gasteiger partial charge on any atom is -0.465 e. The molecular weight excluding hydrogens is 306 g/mol. The third kappa shape index (κ3) is 3.27. The zero-order valence-corrected chi connectivity index (χ0v) is 13.1. The van der Waals surface area contributed by atoms with E-state index in [0.717, 1.165) is 41.8 Å². The maximum Gasteiger partial charge on any atom is 0.313 e. The molecule has 1 aliphatic rings. The highest BCUT2D eigenvalue weighted by atomic mass is 35.5. The Balaban J connectivity index is 1.52. The fourth-order valence-electron chi connectivity index (χ4n) is 2.74. The van der Waals surface area contributed by atoms with E-state index in [0.29, 0.717) is 6.61 Å². The Bertz CT molecular complexity index is 627. The van der Waals surface area contributed by atoms with E-state index in [4.69, 9.17) is 16.3 Å². The standard InChI is InChI=1S/C16H16ClNO2S/c17-15-5-1-4-12-13(15)6-7-14(12)16(19)20-8-2-3-11-9-18-10-21-11/h1,4-5,9-10,14H,2-3,6-8H2. The third-order valence-corrected chi connectivity index (χ3v) is 4.99. The number of halogens is 1. The fraction of sp³-hybridized carbons (Fsp3) is 0.375. The van der Waals surface area contributed by atoms with Crippen LogP contribution >= 0.6 is 22.9 Å². The molecule has 0 aliphatic heterocycles. The highest BCUT2D eigenvalue weighted by Crippen LogP contribution is 2.37. The number of hydrogen-bond donors (Lipinski definition) is 0. The van der Waals surface area contributed by atoms with Crippen LogP contribution in [0.4, 0.5) is 0 Å². The number of hydrogen-bond acceptors (Lipinski definition) is 4. The molecule has 1 heterocycles. The number of fused-ring (bicyclic) bond motifs is 1. The van der Waals surface area contributed by atoms with Crippen LogP contribution in [-0.2, 0) is 22.4 Å². The number of ether oxygens (including phenoxy) is 1. The predicted octanol–water partition coefficient (Wildman–Crippen LogP) is 4.00. The van der Waals surface area contributed by atoms with E-state index < -0.39 is 0 Å². The van der Waals surface area contributed by atoms with Gasteiger partial charge in [0.1, 0.15) is 0 Å². The zero-order chi connectivity index (χ0) is 14.7. The summed E-state index contributed by atoms with van der Waals surface area (Å²) in [7, 11) is 0. The number of rotatable bonds is 5. The van der Waals surface area contributed by atoms with Gasteiger partial charge in [-0.3, -0.25) is 9.78 Å². The monoisotopic (exact) mass is 321 g/mol. The lowest BCUT2D eigenvalue weighted by Crippen LogP contribution is -2.14. The van der Waals surface area contributed by atoms with E-state index in [2.05, 4.69) is 4.98 Å². The second-order valence-corrected chi connectivity index (χ2v) is 6.52. The van der Waals surface area contributed by atoms with Gasteiger partial charge in [-0.25, -0.2) is 0 Å². The summed E-state index contributed by atoms with van der Waals surface area (Å²) < 4.78 is 5.42. The summed E-state index contributed by atoms with van der Waals surface area (Å²) in [5, 5.41) is 0.757. The minimum absolute atomic E-state index is 0.125. The smallest absolute Gasteiger partial charge is 0.313 e. The van der Waals surface area contributed by atoms with Gasteiger partial charge in [0.2, 0.25) is 0 Å². The maximum atomic E-state index is 12.2. The van der Waals surface area contributed by atoms with Crippen LogP contribution in [0.5, 0.6) is 0 Å². The van der Waals surface area contributed by atoms with Crippen LogP contribution in [0.25, 0.3) is 0 Å². The molecule has 21 heavy (non-hydrogen) atoms. The van der Waals surface area contributed by atoms with E-state index in [1.807, 2.05) is 29.9 Å². The molecule has 1 unspecified atom stereocenters. The Morgan fingerprint density at radius 3 is 3.19 bits per heavy atom. The van der Waals surface area contributed by atoms with Gasteiger partial charge in [-0.2, -0.15) is 0 Å². The van der Waals surface area contributed by atoms with Crippen molar-refractivity contribution in [1.29, 1.82) is 0 Å². The zero-order valence-electron chi connectivity index (χ0n) is 11.5. The molecule has 0 spiro atoms. The molecule has 0 radical (unpaired) electrons. The Morgan fingerprint density at radius 2 is 2.38 bits per heavy atom. The molecule has 0 saturated heterocycles. The summed E-state index contributed by atoms with van der Waals surface area (Å²) in [6.07, 6.45) is 5.26. The Labute approximate surface area is 132 Å². The predicted molar refractivity (Wildman–Crippen MR) is 83.9 cm³/mol. The number of carbonyl (C=O) groups excluding carboxylic acids is 1. The largest absolute Gasteiger partial charge is 0.465 e. The molecule has 0 fully saturated rings.